The van der Waals surface area contributed by atoms with Crippen LogP contribution in [0.25, 0.3) is 22.2 Å². The number of nitrogens with one attached hydrogen (secondary N) is 1. The molecule has 3 aromatic rings. The van der Waals surface area contributed by atoms with Gasteiger partial charge in [-0.15, -0.1) is 0 Å². The maximum atomic E-state index is 15.1. The molecule has 0 saturated carbocycles. The molecule has 4 rings (SSSR count). The van der Waals surface area contributed by atoms with E-state index < -0.39 is 56.2 Å². The second-order valence-electron chi connectivity index (χ2n) is 8.67. The first-order valence-corrected chi connectivity index (χ1v) is 12.6. The van der Waals surface area contributed by atoms with Crippen LogP contribution in [-0.4, -0.2) is 66.5 Å². The summed E-state index contributed by atoms with van der Waals surface area (Å²) in [7, 11) is -4.29. The number of hydrogen-bond acceptors (Lipinski definition) is 6. The molecule has 2 aromatic carbocycles. The third-order valence-corrected chi connectivity index (χ3v) is 7.96. The van der Waals surface area contributed by atoms with Crippen LogP contribution in [0.2, 0.25) is 0 Å². The third kappa shape index (κ3) is 5.15. The van der Waals surface area contributed by atoms with E-state index in [0.29, 0.717) is 23.1 Å². The normalized spacial score (nSPS) is 17.2. The summed E-state index contributed by atoms with van der Waals surface area (Å²) in [6.45, 7) is 0.867. The summed E-state index contributed by atoms with van der Waals surface area (Å²) >= 11 is 0. The summed E-state index contributed by atoms with van der Waals surface area (Å²) in [5.74, 6) is -4.39. The number of aryl methyl sites for hydroxylation is 1. The number of alkyl halides is 1. The van der Waals surface area contributed by atoms with Crippen LogP contribution in [0.3, 0.4) is 0 Å². The van der Waals surface area contributed by atoms with Crippen molar-refractivity contribution < 1.29 is 36.3 Å². The monoisotopic (exact) mass is 536 g/mol. The number of amides is 1. The Morgan fingerprint density at radius 3 is 2.46 bits per heavy atom. The summed E-state index contributed by atoms with van der Waals surface area (Å²) in [6, 6.07) is 5.80. The van der Waals surface area contributed by atoms with Crippen molar-refractivity contribution in [3.8, 4) is 11.3 Å². The topological polar surface area (TPSA) is 143 Å². The number of pyridine rings is 1. The van der Waals surface area contributed by atoms with E-state index >= 15 is 8.78 Å². The van der Waals surface area contributed by atoms with Crippen LogP contribution in [-0.2, 0) is 14.8 Å². The maximum Gasteiger partial charge on any atom is 0.327 e. The maximum absolute atomic E-state index is 15.1. The largest absolute Gasteiger partial charge is 0.480 e. The molecule has 0 aliphatic carbocycles. The Kier molecular flexibility index (Phi) is 7.22. The Labute approximate surface area is 210 Å². The number of nitrogens with zero attached hydrogens (tertiary/aromatic N) is 2. The van der Waals surface area contributed by atoms with Gasteiger partial charge in [0.2, 0.25) is 10.0 Å². The molecule has 1 aliphatic heterocycles. The molecule has 0 radical (unpaired) electrons. The highest BCUT2D eigenvalue weighted by molar-refractivity contribution is 7.89. The second-order valence-corrected chi connectivity index (χ2v) is 10.6. The highest BCUT2D eigenvalue weighted by Crippen LogP contribution is 2.32. The fourth-order valence-corrected chi connectivity index (χ4v) is 5.64. The Balaban J connectivity index is 1.73. The van der Waals surface area contributed by atoms with E-state index in [4.69, 9.17) is 10.8 Å². The lowest BCUT2D eigenvalue weighted by molar-refractivity contribution is -0.138. The van der Waals surface area contributed by atoms with E-state index in [2.05, 4.69) is 10.3 Å². The van der Waals surface area contributed by atoms with Gasteiger partial charge in [0.15, 0.2) is 0 Å². The Morgan fingerprint density at radius 2 is 1.89 bits per heavy atom. The molecular formula is C24H23F3N4O5S. The smallest absolute Gasteiger partial charge is 0.327 e. The molecule has 0 spiro atoms. The minimum atomic E-state index is -4.29. The standard InChI is InChI=1S/C24H23F3N4O5S/c1-12-6-20(29-19-7-13(2-3-16(12)19)23(32)30-21(10-28)24(33)34)22-17(26)8-15(9-18(22)27)37(35,36)31-5-4-14(25)11-31/h2-3,6-9,14,21H,4-5,10-11,28H2,1H3,(H,30,32)(H,33,34)/t14-,21?/m0/s1. The minimum Gasteiger partial charge on any atom is -0.480 e. The fraction of sp³-hybridized carbons (Fsp3) is 0.292. The van der Waals surface area contributed by atoms with Crippen LogP contribution >= 0.6 is 0 Å². The number of nitrogens with two attached hydrogens (primary N) is 1. The van der Waals surface area contributed by atoms with Crippen LogP contribution in [0, 0.1) is 18.6 Å². The first kappa shape index (κ1) is 26.5. The number of carbonyl (C=O) groups is 2. The summed E-state index contributed by atoms with van der Waals surface area (Å²) < 4.78 is 70.0. The van der Waals surface area contributed by atoms with Crippen molar-refractivity contribution >= 4 is 32.8 Å². The van der Waals surface area contributed by atoms with Gasteiger partial charge < -0.3 is 16.2 Å². The van der Waals surface area contributed by atoms with Gasteiger partial charge in [0.1, 0.15) is 23.8 Å². The average molecular weight is 537 g/mol. The van der Waals surface area contributed by atoms with E-state index in [0.717, 1.165) is 4.31 Å². The minimum absolute atomic E-state index is 0.00572. The van der Waals surface area contributed by atoms with Gasteiger partial charge in [0, 0.05) is 30.6 Å². The molecular weight excluding hydrogens is 513 g/mol. The molecule has 4 N–H and O–H groups in total. The average Bonchev–Trinajstić information content (AvgIpc) is 3.28. The number of hydrogen-bond donors (Lipinski definition) is 3. The Bertz CT molecular complexity index is 1490. The van der Waals surface area contributed by atoms with Gasteiger partial charge in [-0.05, 0) is 49.2 Å². The lowest BCUT2D eigenvalue weighted by atomic mass is 10.0. The molecule has 13 heteroatoms. The second kappa shape index (κ2) is 10.1. The third-order valence-electron chi connectivity index (χ3n) is 6.12. The zero-order valence-corrected chi connectivity index (χ0v) is 20.4. The highest BCUT2D eigenvalue weighted by atomic mass is 32.2. The molecule has 1 amide bonds. The number of halogens is 3. The van der Waals surface area contributed by atoms with Crippen LogP contribution in [0.4, 0.5) is 13.2 Å². The van der Waals surface area contributed by atoms with Crippen molar-refractivity contribution in [1.29, 1.82) is 0 Å². The van der Waals surface area contributed by atoms with Crippen LogP contribution in [0.5, 0.6) is 0 Å². The number of sulfonamides is 1. The molecule has 1 fully saturated rings. The lowest BCUT2D eigenvalue weighted by Gasteiger charge is -2.17. The molecule has 1 aromatic heterocycles. The van der Waals surface area contributed by atoms with Crippen LogP contribution in [0.1, 0.15) is 22.3 Å². The first-order valence-electron chi connectivity index (χ1n) is 11.2. The number of aromatic nitrogens is 1. The number of carboxylic acids is 1. The molecule has 9 nitrogen and oxygen atoms in total. The SMILES string of the molecule is Cc1cc(-c2c(F)cc(S(=O)(=O)N3CC[C@H](F)C3)cc2F)nc2cc(C(=O)NC(CN)C(=O)O)ccc12. The van der Waals surface area contributed by atoms with Gasteiger partial charge in [0.05, 0.1) is 21.7 Å². The zero-order valence-electron chi connectivity index (χ0n) is 19.5. The Hall–Kier alpha value is -3.55. The van der Waals surface area contributed by atoms with E-state index in [1.165, 1.54) is 18.2 Å². The van der Waals surface area contributed by atoms with E-state index in [1.807, 2.05) is 0 Å². The highest BCUT2D eigenvalue weighted by Gasteiger charge is 2.34. The predicted octanol–water partition coefficient (Wildman–Crippen LogP) is 2.36. The summed E-state index contributed by atoms with van der Waals surface area (Å²) in [4.78, 5) is 27.3. The van der Waals surface area contributed by atoms with Crippen LogP contribution < -0.4 is 11.1 Å². The zero-order chi connectivity index (χ0) is 27.1. The molecule has 2 atom stereocenters. The number of carbonyl (C=O) groups excluding carboxylic acids is 1. The number of aliphatic carboxylic acids is 1. The molecule has 37 heavy (non-hydrogen) atoms. The summed E-state index contributed by atoms with van der Waals surface area (Å²) in [6.07, 6.45) is -1.34. The molecule has 1 saturated heterocycles. The van der Waals surface area contributed by atoms with Gasteiger partial charge in [-0.1, -0.05) is 6.07 Å². The number of fused-ring (bicyclic) bond motifs is 1. The van der Waals surface area contributed by atoms with Crippen molar-refractivity contribution in [3.63, 3.8) is 0 Å². The van der Waals surface area contributed by atoms with Crippen molar-refractivity contribution in [2.24, 2.45) is 5.73 Å². The summed E-state index contributed by atoms with van der Waals surface area (Å²) in [5, 5.41) is 11.9. The molecule has 0 bridgehead atoms. The van der Waals surface area contributed by atoms with Crippen molar-refractivity contribution in [2.75, 3.05) is 19.6 Å². The van der Waals surface area contributed by atoms with Crippen LogP contribution in [0.15, 0.2) is 41.3 Å². The number of carboxylic acid groups (broad SMARTS) is 1. The van der Waals surface area contributed by atoms with Gasteiger partial charge >= 0.3 is 5.97 Å². The Morgan fingerprint density at radius 1 is 1.22 bits per heavy atom. The van der Waals surface area contributed by atoms with Gasteiger partial charge in [-0.3, -0.25) is 4.79 Å². The van der Waals surface area contributed by atoms with E-state index in [9.17, 15) is 22.4 Å². The van der Waals surface area contributed by atoms with Crippen molar-refractivity contribution in [1.82, 2.24) is 14.6 Å². The van der Waals surface area contributed by atoms with Gasteiger partial charge in [-0.2, -0.15) is 4.31 Å². The number of benzene rings is 2. The first-order chi connectivity index (χ1) is 17.4. The lowest BCUT2D eigenvalue weighted by Crippen LogP contribution is -2.45. The van der Waals surface area contributed by atoms with Gasteiger partial charge in [0.25, 0.3) is 5.91 Å². The van der Waals surface area contributed by atoms with E-state index in [-0.39, 0.29) is 42.8 Å². The molecule has 2 heterocycles. The summed E-state index contributed by atoms with van der Waals surface area (Å²) in [5.41, 5.74) is 5.47. The number of rotatable bonds is 7. The van der Waals surface area contributed by atoms with Crippen molar-refractivity contribution in [2.45, 2.75) is 30.5 Å². The molecule has 196 valence electrons. The molecule has 1 unspecified atom stereocenters. The van der Waals surface area contributed by atoms with Gasteiger partial charge in [-0.25, -0.2) is 31.4 Å². The predicted molar refractivity (Wildman–Crippen MR) is 128 cm³/mol. The van der Waals surface area contributed by atoms with Crippen molar-refractivity contribution in [3.05, 3.63) is 59.2 Å². The quantitative estimate of drug-likeness (QED) is 0.421. The van der Waals surface area contributed by atoms with E-state index in [1.54, 1.807) is 13.0 Å². The molecule has 1 aliphatic rings. The fourth-order valence-electron chi connectivity index (χ4n) is 4.13.